The molecule has 0 saturated carbocycles. The highest BCUT2D eigenvalue weighted by Gasteiger charge is 2.19. The second kappa shape index (κ2) is 7.06. The van der Waals surface area contributed by atoms with Gasteiger partial charge >= 0.3 is 5.69 Å². The summed E-state index contributed by atoms with van der Waals surface area (Å²) in [5.41, 5.74) is 2.78. The van der Waals surface area contributed by atoms with Gasteiger partial charge in [0.2, 0.25) is 0 Å². The molecule has 0 aliphatic rings. The van der Waals surface area contributed by atoms with E-state index in [9.17, 15) is 4.79 Å². The maximum atomic E-state index is 13.3. The van der Waals surface area contributed by atoms with Crippen LogP contribution in [0.5, 0.6) is 0 Å². The Morgan fingerprint density at radius 1 is 0.889 bits per heavy atom. The Morgan fingerprint density at radius 2 is 1.59 bits per heavy atom. The molecule has 27 heavy (non-hydrogen) atoms. The zero-order valence-electron chi connectivity index (χ0n) is 14.4. The molecule has 0 amide bonds. The van der Waals surface area contributed by atoms with Crippen LogP contribution in [0.25, 0.3) is 22.8 Å². The summed E-state index contributed by atoms with van der Waals surface area (Å²) in [6, 6.07) is 22.1. The number of para-hydroxylation sites is 1. The Morgan fingerprint density at radius 3 is 2.30 bits per heavy atom. The van der Waals surface area contributed by atoms with E-state index < -0.39 is 0 Å². The Kier molecular flexibility index (Phi) is 4.60. The fourth-order valence-electron chi connectivity index (χ4n) is 2.87. The molecule has 0 spiro atoms. The zero-order valence-corrected chi connectivity index (χ0v) is 15.9. The van der Waals surface area contributed by atoms with E-state index in [1.165, 1.54) is 9.25 Å². The van der Waals surface area contributed by atoms with Crippen molar-refractivity contribution in [3.8, 4) is 22.8 Å². The SMILES string of the molecule is Cc1ccc(-c2nn(-c3ccccc3)c(=O)n2-c2cc(Cl)ccc2Cl)cc1. The molecular formula is C21H15Cl2N3O. The third kappa shape index (κ3) is 3.29. The topological polar surface area (TPSA) is 39.8 Å². The highest BCUT2D eigenvalue weighted by atomic mass is 35.5. The predicted octanol–water partition coefficient (Wildman–Crippen LogP) is 5.31. The lowest BCUT2D eigenvalue weighted by atomic mass is 10.1. The summed E-state index contributed by atoms with van der Waals surface area (Å²) >= 11 is 12.5. The fourth-order valence-corrected chi connectivity index (χ4v) is 3.24. The van der Waals surface area contributed by atoms with Crippen molar-refractivity contribution in [1.29, 1.82) is 0 Å². The summed E-state index contributed by atoms with van der Waals surface area (Å²) in [5.74, 6) is 0.494. The highest BCUT2D eigenvalue weighted by Crippen LogP contribution is 2.28. The Balaban J connectivity index is 2.04. The molecular weight excluding hydrogens is 381 g/mol. The minimum absolute atomic E-state index is 0.319. The largest absolute Gasteiger partial charge is 0.355 e. The molecule has 0 saturated heterocycles. The van der Waals surface area contributed by atoms with E-state index in [-0.39, 0.29) is 5.69 Å². The van der Waals surface area contributed by atoms with Gasteiger partial charge in [0.1, 0.15) is 0 Å². The van der Waals surface area contributed by atoms with Crippen LogP contribution in [0.4, 0.5) is 0 Å². The van der Waals surface area contributed by atoms with Crippen LogP contribution in [-0.2, 0) is 0 Å². The molecule has 1 heterocycles. The van der Waals surface area contributed by atoms with Crippen LogP contribution < -0.4 is 5.69 Å². The number of rotatable bonds is 3. The number of halogens is 2. The second-order valence-corrected chi connectivity index (χ2v) is 6.99. The summed E-state index contributed by atoms with van der Waals surface area (Å²) in [7, 11) is 0. The van der Waals surface area contributed by atoms with Crippen LogP contribution in [0, 0.1) is 6.92 Å². The molecule has 6 heteroatoms. The van der Waals surface area contributed by atoms with E-state index in [0.717, 1.165) is 11.1 Å². The van der Waals surface area contributed by atoms with Crippen LogP contribution in [-0.4, -0.2) is 14.3 Å². The maximum absolute atomic E-state index is 13.3. The second-order valence-electron chi connectivity index (χ2n) is 6.15. The Labute approximate surface area is 166 Å². The first-order chi connectivity index (χ1) is 13.0. The van der Waals surface area contributed by atoms with Crippen molar-refractivity contribution in [1.82, 2.24) is 14.3 Å². The highest BCUT2D eigenvalue weighted by molar-refractivity contribution is 6.34. The third-order valence-electron chi connectivity index (χ3n) is 4.24. The Hall–Kier alpha value is -2.82. The zero-order chi connectivity index (χ0) is 19.0. The van der Waals surface area contributed by atoms with Crippen LogP contribution in [0.2, 0.25) is 10.0 Å². The molecule has 1 aromatic heterocycles. The summed E-state index contributed by atoms with van der Waals surface area (Å²) in [5, 5.41) is 5.50. The molecule has 0 radical (unpaired) electrons. The standard InChI is InChI=1S/C21H15Cl2N3O/c1-14-7-9-15(10-8-14)20-24-26(17-5-3-2-4-6-17)21(27)25(20)19-13-16(22)11-12-18(19)23/h2-13H,1H3. The average Bonchev–Trinajstić information content (AvgIpc) is 3.02. The van der Waals surface area contributed by atoms with Gasteiger partial charge in [-0.15, -0.1) is 5.10 Å². The third-order valence-corrected chi connectivity index (χ3v) is 4.79. The number of benzene rings is 3. The number of hydrogen-bond acceptors (Lipinski definition) is 2. The van der Waals surface area contributed by atoms with E-state index in [2.05, 4.69) is 5.10 Å². The van der Waals surface area contributed by atoms with Gasteiger partial charge in [0.05, 0.1) is 16.4 Å². The van der Waals surface area contributed by atoms with Gasteiger partial charge in [-0.05, 0) is 37.3 Å². The van der Waals surface area contributed by atoms with Gasteiger partial charge in [0.15, 0.2) is 5.82 Å². The monoisotopic (exact) mass is 395 g/mol. The van der Waals surface area contributed by atoms with Crippen molar-refractivity contribution in [3.63, 3.8) is 0 Å². The van der Waals surface area contributed by atoms with E-state index in [1.807, 2.05) is 61.5 Å². The summed E-state index contributed by atoms with van der Waals surface area (Å²) in [6.45, 7) is 2.01. The van der Waals surface area contributed by atoms with Crippen molar-refractivity contribution in [2.75, 3.05) is 0 Å². The number of nitrogens with zero attached hydrogens (tertiary/aromatic N) is 3. The van der Waals surface area contributed by atoms with Crippen molar-refractivity contribution in [2.45, 2.75) is 6.92 Å². The van der Waals surface area contributed by atoms with Gasteiger partial charge in [0, 0.05) is 10.6 Å². The normalized spacial score (nSPS) is 10.9. The quantitative estimate of drug-likeness (QED) is 0.471. The lowest BCUT2D eigenvalue weighted by Gasteiger charge is -2.08. The summed E-state index contributed by atoms with van der Waals surface area (Å²) in [4.78, 5) is 13.3. The number of aromatic nitrogens is 3. The minimum Gasteiger partial charge on any atom is -0.245 e. The predicted molar refractivity (Wildman–Crippen MR) is 109 cm³/mol. The van der Waals surface area contributed by atoms with Gasteiger partial charge in [-0.1, -0.05) is 71.2 Å². The van der Waals surface area contributed by atoms with Crippen molar-refractivity contribution in [3.05, 3.63) is 98.9 Å². The van der Waals surface area contributed by atoms with Crippen LogP contribution in [0.3, 0.4) is 0 Å². The molecule has 0 aliphatic heterocycles. The lowest BCUT2D eigenvalue weighted by molar-refractivity contribution is 0.830. The maximum Gasteiger partial charge on any atom is 0.355 e. The van der Waals surface area contributed by atoms with Crippen LogP contribution in [0.1, 0.15) is 5.56 Å². The first kappa shape index (κ1) is 17.6. The summed E-state index contributed by atoms with van der Waals surface area (Å²) in [6.07, 6.45) is 0. The van der Waals surface area contributed by atoms with Gasteiger partial charge in [-0.2, -0.15) is 4.68 Å². The average molecular weight is 396 g/mol. The van der Waals surface area contributed by atoms with E-state index >= 15 is 0 Å². The van der Waals surface area contributed by atoms with Crippen LogP contribution >= 0.6 is 23.2 Å². The van der Waals surface area contributed by atoms with Crippen LogP contribution in [0.15, 0.2) is 77.6 Å². The molecule has 0 aliphatic carbocycles. The summed E-state index contributed by atoms with van der Waals surface area (Å²) < 4.78 is 2.86. The van der Waals surface area contributed by atoms with Crippen molar-refractivity contribution < 1.29 is 0 Å². The molecule has 3 aromatic carbocycles. The Bertz CT molecular complexity index is 1160. The molecule has 134 valence electrons. The van der Waals surface area contributed by atoms with E-state index in [0.29, 0.717) is 27.2 Å². The lowest BCUT2D eigenvalue weighted by Crippen LogP contribution is -2.23. The van der Waals surface area contributed by atoms with Crippen molar-refractivity contribution in [2.24, 2.45) is 0 Å². The molecule has 0 atom stereocenters. The molecule has 0 bridgehead atoms. The molecule has 4 nitrogen and oxygen atoms in total. The van der Waals surface area contributed by atoms with Gasteiger partial charge < -0.3 is 0 Å². The fraction of sp³-hybridized carbons (Fsp3) is 0.0476. The smallest absolute Gasteiger partial charge is 0.245 e. The van der Waals surface area contributed by atoms with Gasteiger partial charge in [-0.3, -0.25) is 0 Å². The van der Waals surface area contributed by atoms with E-state index in [4.69, 9.17) is 23.2 Å². The van der Waals surface area contributed by atoms with Crippen molar-refractivity contribution >= 4 is 23.2 Å². The molecule has 0 unspecified atom stereocenters. The minimum atomic E-state index is -0.319. The molecule has 0 fully saturated rings. The first-order valence-electron chi connectivity index (χ1n) is 8.34. The first-order valence-corrected chi connectivity index (χ1v) is 9.10. The molecule has 4 aromatic rings. The number of hydrogen-bond donors (Lipinski definition) is 0. The van der Waals surface area contributed by atoms with E-state index in [1.54, 1.807) is 18.2 Å². The molecule has 0 N–H and O–H groups in total. The van der Waals surface area contributed by atoms with Gasteiger partial charge in [0.25, 0.3) is 0 Å². The van der Waals surface area contributed by atoms with Gasteiger partial charge in [-0.25, -0.2) is 9.36 Å². The number of aryl methyl sites for hydroxylation is 1. The molecule has 4 rings (SSSR count).